The Bertz CT molecular complexity index is 682. The molecule has 0 radical (unpaired) electrons. The molecule has 1 unspecified atom stereocenters. The monoisotopic (exact) mass is 323 g/mol. The summed E-state index contributed by atoms with van der Waals surface area (Å²) in [5.41, 5.74) is -0.0561. The summed E-state index contributed by atoms with van der Waals surface area (Å²) < 4.78 is 5.41. The fraction of sp³-hybridized carbons (Fsp3) is 0.333. The van der Waals surface area contributed by atoms with Crippen molar-refractivity contribution < 1.29 is 14.3 Å². The van der Waals surface area contributed by atoms with Gasteiger partial charge in [-0.3, -0.25) is 0 Å². The lowest BCUT2D eigenvalue weighted by atomic mass is 9.96. The average Bonchev–Trinajstić information content (AvgIpc) is 2.76. The number of urea groups is 1. The van der Waals surface area contributed by atoms with E-state index in [9.17, 15) is 9.90 Å². The van der Waals surface area contributed by atoms with Gasteiger partial charge in [0.1, 0.15) is 22.3 Å². The Morgan fingerprint density at radius 1 is 1.45 bits per heavy atom. The summed E-state index contributed by atoms with van der Waals surface area (Å²) in [6.07, 6.45) is 1.49. The standard InChI is InChI=1S/C15H18ClN3O3/c1-9-6-12(10(2)22-9)15(3,21)8-18-14(20)19-11-4-5-17-13(16)7-11/h4-7,21H,8H2,1-3H3,(H2,17,18,19,20). The first kappa shape index (κ1) is 16.3. The van der Waals surface area contributed by atoms with Crippen LogP contribution in [0.25, 0.3) is 0 Å². The van der Waals surface area contributed by atoms with Crippen molar-refractivity contribution in [2.75, 3.05) is 11.9 Å². The Balaban J connectivity index is 1.96. The van der Waals surface area contributed by atoms with Gasteiger partial charge in [0.05, 0.1) is 6.54 Å². The Morgan fingerprint density at radius 2 is 2.18 bits per heavy atom. The molecule has 2 aromatic heterocycles. The summed E-state index contributed by atoms with van der Waals surface area (Å²) in [5, 5.41) is 16.0. The molecule has 2 heterocycles. The lowest BCUT2D eigenvalue weighted by molar-refractivity contribution is 0.0584. The number of halogens is 1. The van der Waals surface area contributed by atoms with Gasteiger partial charge in [-0.05, 0) is 39.0 Å². The molecule has 2 rings (SSSR count). The minimum Gasteiger partial charge on any atom is -0.466 e. The smallest absolute Gasteiger partial charge is 0.319 e. The van der Waals surface area contributed by atoms with Gasteiger partial charge in [0, 0.05) is 17.4 Å². The van der Waals surface area contributed by atoms with Crippen LogP contribution in [0.15, 0.2) is 28.8 Å². The van der Waals surface area contributed by atoms with E-state index in [0.29, 0.717) is 22.8 Å². The highest BCUT2D eigenvalue weighted by Gasteiger charge is 2.28. The number of pyridine rings is 1. The number of furan rings is 1. The third-order valence-corrected chi connectivity index (χ3v) is 3.41. The molecule has 2 amide bonds. The molecule has 1 atom stereocenters. The van der Waals surface area contributed by atoms with Crippen LogP contribution in [0.4, 0.5) is 10.5 Å². The van der Waals surface area contributed by atoms with Crippen LogP contribution >= 0.6 is 11.6 Å². The van der Waals surface area contributed by atoms with Gasteiger partial charge in [-0.1, -0.05) is 11.6 Å². The minimum atomic E-state index is -1.23. The number of nitrogens with one attached hydrogen (secondary N) is 2. The zero-order valence-electron chi connectivity index (χ0n) is 12.6. The molecule has 0 fully saturated rings. The molecular formula is C15H18ClN3O3. The molecule has 0 aliphatic carbocycles. The topological polar surface area (TPSA) is 87.4 Å². The molecule has 0 saturated carbocycles. The third-order valence-electron chi connectivity index (χ3n) is 3.20. The average molecular weight is 324 g/mol. The Morgan fingerprint density at radius 3 is 2.77 bits per heavy atom. The molecule has 0 aliphatic heterocycles. The van der Waals surface area contributed by atoms with E-state index < -0.39 is 11.6 Å². The zero-order chi connectivity index (χ0) is 16.3. The van der Waals surface area contributed by atoms with E-state index in [4.69, 9.17) is 16.0 Å². The van der Waals surface area contributed by atoms with E-state index in [-0.39, 0.29) is 11.7 Å². The zero-order valence-corrected chi connectivity index (χ0v) is 13.4. The molecule has 118 valence electrons. The number of carbonyl (C=O) groups excluding carboxylic acids is 1. The van der Waals surface area contributed by atoms with Gasteiger partial charge in [0.2, 0.25) is 0 Å². The second kappa shape index (κ2) is 6.37. The van der Waals surface area contributed by atoms with Gasteiger partial charge < -0.3 is 20.2 Å². The van der Waals surface area contributed by atoms with Gasteiger partial charge in [-0.2, -0.15) is 0 Å². The van der Waals surface area contributed by atoms with E-state index in [0.717, 1.165) is 0 Å². The molecule has 0 aromatic carbocycles. The number of aliphatic hydroxyl groups is 1. The molecule has 6 nitrogen and oxygen atoms in total. The maximum atomic E-state index is 11.9. The first-order chi connectivity index (χ1) is 10.3. The number of hydrogen-bond acceptors (Lipinski definition) is 4. The number of aromatic nitrogens is 1. The summed E-state index contributed by atoms with van der Waals surface area (Å²) in [6, 6.07) is 4.47. The molecule has 2 aromatic rings. The van der Waals surface area contributed by atoms with Crippen molar-refractivity contribution in [3.63, 3.8) is 0 Å². The number of anilines is 1. The predicted octanol–water partition coefficient (Wildman–Crippen LogP) is 2.97. The van der Waals surface area contributed by atoms with E-state index in [2.05, 4.69) is 15.6 Å². The first-order valence-corrected chi connectivity index (χ1v) is 7.12. The maximum Gasteiger partial charge on any atom is 0.319 e. The molecular weight excluding hydrogens is 306 g/mol. The Hall–Kier alpha value is -2.05. The fourth-order valence-electron chi connectivity index (χ4n) is 2.17. The second-order valence-electron chi connectivity index (χ2n) is 5.28. The molecule has 7 heteroatoms. The number of aryl methyl sites for hydroxylation is 2. The highest BCUT2D eigenvalue weighted by molar-refractivity contribution is 6.29. The lowest BCUT2D eigenvalue weighted by Gasteiger charge is -2.23. The van der Waals surface area contributed by atoms with Crippen LogP contribution in [0.3, 0.4) is 0 Å². The predicted molar refractivity (Wildman–Crippen MR) is 84.0 cm³/mol. The lowest BCUT2D eigenvalue weighted by Crippen LogP contribution is -2.40. The van der Waals surface area contributed by atoms with Crippen LogP contribution in [0.1, 0.15) is 24.0 Å². The van der Waals surface area contributed by atoms with Crippen LogP contribution in [0.5, 0.6) is 0 Å². The van der Waals surface area contributed by atoms with Crippen LogP contribution in [0, 0.1) is 13.8 Å². The highest BCUT2D eigenvalue weighted by Crippen LogP contribution is 2.26. The highest BCUT2D eigenvalue weighted by atomic mass is 35.5. The normalized spacial score (nSPS) is 13.5. The van der Waals surface area contributed by atoms with Gasteiger partial charge in [0.25, 0.3) is 0 Å². The second-order valence-corrected chi connectivity index (χ2v) is 5.66. The molecule has 0 aliphatic rings. The minimum absolute atomic E-state index is 0.0391. The van der Waals surface area contributed by atoms with E-state index >= 15 is 0 Å². The molecule has 22 heavy (non-hydrogen) atoms. The van der Waals surface area contributed by atoms with E-state index in [1.807, 2.05) is 0 Å². The number of amides is 2. The van der Waals surface area contributed by atoms with Gasteiger partial charge in [-0.15, -0.1) is 0 Å². The van der Waals surface area contributed by atoms with E-state index in [1.165, 1.54) is 12.3 Å². The number of hydrogen-bond donors (Lipinski definition) is 3. The first-order valence-electron chi connectivity index (χ1n) is 6.74. The van der Waals surface area contributed by atoms with E-state index in [1.54, 1.807) is 32.9 Å². The quantitative estimate of drug-likeness (QED) is 0.755. The molecule has 0 saturated heterocycles. The summed E-state index contributed by atoms with van der Waals surface area (Å²) in [5.74, 6) is 1.34. The van der Waals surface area contributed by atoms with Crippen molar-refractivity contribution in [3.05, 3.63) is 46.6 Å². The number of nitrogens with zero attached hydrogens (tertiary/aromatic N) is 1. The van der Waals surface area contributed by atoms with Gasteiger partial charge in [0.15, 0.2) is 0 Å². The van der Waals surface area contributed by atoms with Crippen LogP contribution in [-0.2, 0) is 5.60 Å². The maximum absolute atomic E-state index is 11.9. The molecule has 0 spiro atoms. The van der Waals surface area contributed by atoms with Crippen molar-refractivity contribution in [1.29, 1.82) is 0 Å². The summed E-state index contributed by atoms with van der Waals surface area (Å²) in [4.78, 5) is 15.7. The number of carbonyl (C=O) groups is 1. The van der Waals surface area contributed by atoms with Gasteiger partial charge >= 0.3 is 6.03 Å². The summed E-state index contributed by atoms with van der Waals surface area (Å²) in [6.45, 7) is 5.24. The Labute approximate surface area is 133 Å². The van der Waals surface area contributed by atoms with Crippen LogP contribution < -0.4 is 10.6 Å². The van der Waals surface area contributed by atoms with Crippen molar-refractivity contribution in [2.45, 2.75) is 26.4 Å². The third kappa shape index (κ3) is 3.99. The van der Waals surface area contributed by atoms with Crippen LogP contribution in [0.2, 0.25) is 5.15 Å². The SMILES string of the molecule is Cc1cc(C(C)(O)CNC(=O)Nc2ccnc(Cl)c2)c(C)o1. The summed E-state index contributed by atoms with van der Waals surface area (Å²) in [7, 11) is 0. The fourth-order valence-corrected chi connectivity index (χ4v) is 2.34. The largest absolute Gasteiger partial charge is 0.466 e. The number of rotatable bonds is 4. The van der Waals surface area contributed by atoms with Crippen molar-refractivity contribution >= 4 is 23.3 Å². The summed E-state index contributed by atoms with van der Waals surface area (Å²) >= 11 is 5.74. The van der Waals surface area contributed by atoms with Crippen molar-refractivity contribution in [1.82, 2.24) is 10.3 Å². The molecule has 0 bridgehead atoms. The van der Waals surface area contributed by atoms with Crippen molar-refractivity contribution in [2.24, 2.45) is 0 Å². The van der Waals surface area contributed by atoms with Crippen molar-refractivity contribution in [3.8, 4) is 0 Å². The molecule has 3 N–H and O–H groups in total. The van der Waals surface area contributed by atoms with Crippen LogP contribution in [-0.4, -0.2) is 22.7 Å². The van der Waals surface area contributed by atoms with Gasteiger partial charge in [-0.25, -0.2) is 9.78 Å². The Kier molecular flexibility index (Phi) is 4.73.